The highest BCUT2D eigenvalue weighted by molar-refractivity contribution is 7.14. The molecule has 7 heteroatoms. The molecule has 0 bridgehead atoms. The molecule has 1 atom stereocenters. The summed E-state index contributed by atoms with van der Waals surface area (Å²) in [6.07, 6.45) is 0. The average Bonchev–Trinajstić information content (AvgIpc) is 3.08. The molecule has 0 aromatic carbocycles. The lowest BCUT2D eigenvalue weighted by atomic mass is 10.1. The van der Waals surface area contributed by atoms with Crippen LogP contribution in [-0.4, -0.2) is 45.0 Å². The maximum atomic E-state index is 12.4. The fourth-order valence-corrected chi connectivity index (χ4v) is 2.92. The van der Waals surface area contributed by atoms with E-state index < -0.39 is 0 Å². The number of hydrogen-bond donors (Lipinski definition) is 1. The van der Waals surface area contributed by atoms with Gasteiger partial charge < -0.3 is 4.90 Å². The van der Waals surface area contributed by atoms with Crippen molar-refractivity contribution in [1.29, 1.82) is 0 Å². The number of nitrogens with one attached hydrogen (secondary N) is 1. The number of carbonyl (C=O) groups excluding carboxylic acids is 1. The van der Waals surface area contributed by atoms with Crippen molar-refractivity contribution >= 4 is 17.2 Å². The maximum absolute atomic E-state index is 12.4. The first-order valence-electron chi connectivity index (χ1n) is 6.57. The fraction of sp³-hybridized carbons (Fsp3) is 0.538. The normalized spacial score (nSPS) is 12.7. The molecule has 1 N–H and O–H groups in total. The predicted molar refractivity (Wildman–Crippen MR) is 78.0 cm³/mol. The molecule has 2 aromatic heterocycles. The van der Waals surface area contributed by atoms with Crippen LogP contribution in [0.2, 0.25) is 0 Å². The molecule has 1 unspecified atom stereocenters. The minimum atomic E-state index is 0.0391. The second kappa shape index (κ2) is 6.13. The Morgan fingerprint density at radius 1 is 1.40 bits per heavy atom. The summed E-state index contributed by atoms with van der Waals surface area (Å²) in [6.45, 7) is 6.79. The number of aromatic nitrogens is 4. The highest BCUT2D eigenvalue weighted by Gasteiger charge is 2.19. The number of nitrogens with zero attached hydrogens (tertiary/aromatic N) is 4. The highest BCUT2D eigenvalue weighted by atomic mass is 32.1. The van der Waals surface area contributed by atoms with E-state index in [4.69, 9.17) is 0 Å². The Kier molecular flexibility index (Phi) is 4.49. The number of aromatic amines is 1. The summed E-state index contributed by atoms with van der Waals surface area (Å²) in [5.41, 5.74) is 0. The van der Waals surface area contributed by atoms with Crippen LogP contribution in [0.1, 0.15) is 53.0 Å². The minimum absolute atomic E-state index is 0.0391. The van der Waals surface area contributed by atoms with Crippen LogP contribution in [0.4, 0.5) is 0 Å². The molecule has 0 aliphatic heterocycles. The van der Waals surface area contributed by atoms with Crippen LogP contribution >= 0.6 is 11.3 Å². The first-order chi connectivity index (χ1) is 9.49. The van der Waals surface area contributed by atoms with Crippen molar-refractivity contribution in [3.05, 3.63) is 27.7 Å². The molecule has 2 heterocycles. The number of thiophene rings is 1. The highest BCUT2D eigenvalue weighted by Crippen LogP contribution is 2.25. The molecule has 0 aliphatic carbocycles. The first-order valence-corrected chi connectivity index (χ1v) is 7.39. The van der Waals surface area contributed by atoms with Gasteiger partial charge in [0.2, 0.25) is 0 Å². The van der Waals surface area contributed by atoms with Crippen molar-refractivity contribution in [3.63, 3.8) is 0 Å². The molecule has 2 aromatic rings. The van der Waals surface area contributed by atoms with E-state index in [0.717, 1.165) is 4.88 Å². The van der Waals surface area contributed by atoms with Gasteiger partial charge in [-0.1, -0.05) is 26.0 Å². The molecule has 2 rings (SSSR count). The van der Waals surface area contributed by atoms with Gasteiger partial charge in [0, 0.05) is 24.4 Å². The van der Waals surface area contributed by atoms with E-state index in [-0.39, 0.29) is 11.8 Å². The number of hydrogen-bond acceptors (Lipinski definition) is 5. The van der Waals surface area contributed by atoms with Crippen LogP contribution in [0, 0.1) is 0 Å². The SMILES string of the molecule is CC(C)c1ccc(C(=O)N(C)CC(C)c2nn[nH]n2)s1. The molecule has 20 heavy (non-hydrogen) atoms. The van der Waals surface area contributed by atoms with Crippen molar-refractivity contribution in [1.82, 2.24) is 25.5 Å². The summed E-state index contributed by atoms with van der Waals surface area (Å²) in [4.78, 5) is 16.1. The molecule has 0 aliphatic rings. The fourth-order valence-electron chi connectivity index (χ4n) is 1.92. The lowest BCUT2D eigenvalue weighted by molar-refractivity contribution is 0.0792. The second-order valence-electron chi connectivity index (χ2n) is 5.21. The third-order valence-electron chi connectivity index (χ3n) is 3.10. The van der Waals surface area contributed by atoms with Gasteiger partial charge in [-0.15, -0.1) is 21.5 Å². The van der Waals surface area contributed by atoms with Crippen LogP contribution < -0.4 is 0 Å². The van der Waals surface area contributed by atoms with Gasteiger partial charge in [0.25, 0.3) is 5.91 Å². The van der Waals surface area contributed by atoms with Crippen LogP contribution in [0.3, 0.4) is 0 Å². The van der Waals surface area contributed by atoms with Crippen LogP contribution in [0.15, 0.2) is 12.1 Å². The molecule has 0 saturated carbocycles. The molecule has 108 valence electrons. The molecule has 1 amide bonds. The van der Waals surface area contributed by atoms with E-state index in [9.17, 15) is 4.79 Å². The topological polar surface area (TPSA) is 74.8 Å². The van der Waals surface area contributed by atoms with Crippen molar-refractivity contribution < 1.29 is 4.79 Å². The van der Waals surface area contributed by atoms with Crippen LogP contribution in [0.25, 0.3) is 0 Å². The van der Waals surface area contributed by atoms with Gasteiger partial charge in [-0.25, -0.2) is 0 Å². The first kappa shape index (κ1) is 14.6. The Balaban J connectivity index is 2.01. The van der Waals surface area contributed by atoms with E-state index in [1.165, 1.54) is 4.88 Å². The van der Waals surface area contributed by atoms with Crippen molar-refractivity contribution in [3.8, 4) is 0 Å². The molecule has 6 nitrogen and oxygen atoms in total. The Morgan fingerprint density at radius 3 is 2.70 bits per heavy atom. The lowest BCUT2D eigenvalue weighted by Gasteiger charge is -2.19. The predicted octanol–water partition coefficient (Wildman–Crippen LogP) is 2.26. The molecule has 0 spiro atoms. The van der Waals surface area contributed by atoms with Crippen molar-refractivity contribution in [2.24, 2.45) is 0 Å². The Bertz CT molecular complexity index is 563. The van der Waals surface area contributed by atoms with E-state index in [2.05, 4.69) is 34.5 Å². The molecular formula is C13H19N5OS. The molecule has 0 radical (unpaired) electrons. The van der Waals surface area contributed by atoms with Gasteiger partial charge in [0.15, 0.2) is 5.82 Å². The zero-order chi connectivity index (χ0) is 14.7. The van der Waals surface area contributed by atoms with E-state index in [1.54, 1.807) is 23.3 Å². The maximum Gasteiger partial charge on any atom is 0.263 e. The summed E-state index contributed by atoms with van der Waals surface area (Å²) >= 11 is 1.56. The van der Waals surface area contributed by atoms with Gasteiger partial charge in [-0.2, -0.15) is 5.21 Å². The molecule has 0 saturated heterocycles. The smallest absolute Gasteiger partial charge is 0.263 e. The van der Waals surface area contributed by atoms with Gasteiger partial charge in [-0.05, 0) is 18.1 Å². The van der Waals surface area contributed by atoms with Gasteiger partial charge >= 0.3 is 0 Å². The Morgan fingerprint density at radius 2 is 2.15 bits per heavy atom. The third-order valence-corrected chi connectivity index (χ3v) is 4.48. The summed E-state index contributed by atoms with van der Waals surface area (Å²) in [5.74, 6) is 1.16. The second-order valence-corrected chi connectivity index (χ2v) is 6.33. The monoisotopic (exact) mass is 293 g/mol. The molecular weight excluding hydrogens is 274 g/mol. The van der Waals surface area contributed by atoms with Crippen LogP contribution in [-0.2, 0) is 0 Å². The number of carbonyl (C=O) groups is 1. The van der Waals surface area contributed by atoms with Gasteiger partial charge in [0.1, 0.15) is 0 Å². The van der Waals surface area contributed by atoms with E-state index >= 15 is 0 Å². The third kappa shape index (κ3) is 3.22. The quantitative estimate of drug-likeness (QED) is 0.917. The van der Waals surface area contributed by atoms with Gasteiger partial charge in [-0.3, -0.25) is 4.79 Å². The average molecular weight is 293 g/mol. The summed E-state index contributed by atoms with van der Waals surface area (Å²) in [5, 5.41) is 13.9. The zero-order valence-electron chi connectivity index (χ0n) is 12.1. The van der Waals surface area contributed by atoms with Crippen molar-refractivity contribution in [2.45, 2.75) is 32.6 Å². The lowest BCUT2D eigenvalue weighted by Crippen LogP contribution is -2.30. The van der Waals surface area contributed by atoms with E-state index in [0.29, 0.717) is 18.3 Å². The number of amides is 1. The molecule has 0 fully saturated rings. The Labute approximate surface area is 122 Å². The van der Waals surface area contributed by atoms with Crippen molar-refractivity contribution in [2.75, 3.05) is 13.6 Å². The summed E-state index contributed by atoms with van der Waals surface area (Å²) < 4.78 is 0. The van der Waals surface area contributed by atoms with E-state index in [1.807, 2.05) is 19.1 Å². The van der Waals surface area contributed by atoms with Crippen LogP contribution in [0.5, 0.6) is 0 Å². The number of H-pyrrole nitrogens is 1. The minimum Gasteiger partial charge on any atom is -0.340 e. The number of tetrazole rings is 1. The largest absolute Gasteiger partial charge is 0.340 e. The Hall–Kier alpha value is -1.76. The summed E-state index contributed by atoms with van der Waals surface area (Å²) in [6, 6.07) is 3.93. The summed E-state index contributed by atoms with van der Waals surface area (Å²) in [7, 11) is 1.80. The number of likely N-dealkylation sites (N-methyl/N-ethyl adjacent to an activating group) is 1. The zero-order valence-corrected chi connectivity index (χ0v) is 12.9. The standard InChI is InChI=1S/C13H19N5OS/c1-8(2)10-5-6-11(20-10)13(19)18(4)7-9(3)12-14-16-17-15-12/h5-6,8-9H,7H2,1-4H3,(H,14,15,16,17). The number of rotatable bonds is 5. The van der Waals surface area contributed by atoms with Gasteiger partial charge in [0.05, 0.1) is 4.88 Å².